The molecule has 92 valence electrons. The van der Waals surface area contributed by atoms with Gasteiger partial charge in [0.15, 0.2) is 5.75 Å². The standard InChI is InChI=1S/C10H18N2O3S/c1-9(10-3-4-10)12(6-7-15-2)16(13,14)8-5-11/h9-10H,3-4,6-8H2,1-2H3. The lowest BCUT2D eigenvalue weighted by molar-refractivity contribution is 0.164. The van der Waals surface area contributed by atoms with Crippen LogP contribution in [0.15, 0.2) is 0 Å². The van der Waals surface area contributed by atoms with Gasteiger partial charge in [-0.1, -0.05) is 0 Å². The Hall–Kier alpha value is -0.640. The van der Waals surface area contributed by atoms with Gasteiger partial charge in [-0.05, 0) is 25.7 Å². The first-order chi connectivity index (χ1) is 7.53. The molecule has 1 aliphatic carbocycles. The lowest BCUT2D eigenvalue weighted by atomic mass is 10.2. The van der Waals surface area contributed by atoms with E-state index in [9.17, 15) is 8.42 Å². The van der Waals surface area contributed by atoms with Crippen LogP contribution in [0.4, 0.5) is 0 Å². The Balaban J connectivity index is 2.73. The van der Waals surface area contributed by atoms with Gasteiger partial charge < -0.3 is 4.74 Å². The Kier molecular flexibility index (Phi) is 4.71. The van der Waals surface area contributed by atoms with E-state index in [1.807, 2.05) is 6.92 Å². The maximum atomic E-state index is 11.9. The molecule has 0 N–H and O–H groups in total. The second kappa shape index (κ2) is 5.62. The van der Waals surface area contributed by atoms with Gasteiger partial charge in [0.05, 0.1) is 12.7 Å². The zero-order valence-corrected chi connectivity index (χ0v) is 10.5. The van der Waals surface area contributed by atoms with Crippen LogP contribution in [-0.2, 0) is 14.8 Å². The van der Waals surface area contributed by atoms with Gasteiger partial charge in [-0.25, -0.2) is 8.42 Å². The fourth-order valence-electron chi connectivity index (χ4n) is 1.76. The van der Waals surface area contributed by atoms with E-state index in [1.165, 1.54) is 11.4 Å². The topological polar surface area (TPSA) is 70.4 Å². The van der Waals surface area contributed by atoms with Crippen LogP contribution >= 0.6 is 0 Å². The van der Waals surface area contributed by atoms with E-state index in [0.29, 0.717) is 19.1 Å². The van der Waals surface area contributed by atoms with Crippen molar-refractivity contribution in [3.8, 4) is 6.07 Å². The number of ether oxygens (including phenoxy) is 1. The molecule has 0 aliphatic heterocycles. The summed E-state index contributed by atoms with van der Waals surface area (Å²) in [5, 5.41) is 8.53. The minimum absolute atomic E-state index is 0.0199. The van der Waals surface area contributed by atoms with E-state index in [4.69, 9.17) is 10.00 Å². The average molecular weight is 246 g/mol. The lowest BCUT2D eigenvalue weighted by Crippen LogP contribution is -2.42. The molecule has 5 nitrogen and oxygen atoms in total. The number of hydrogen-bond acceptors (Lipinski definition) is 4. The van der Waals surface area contributed by atoms with E-state index in [1.54, 1.807) is 6.07 Å². The highest BCUT2D eigenvalue weighted by atomic mass is 32.2. The summed E-state index contributed by atoms with van der Waals surface area (Å²) in [7, 11) is -1.92. The van der Waals surface area contributed by atoms with Crippen LogP contribution in [0.2, 0.25) is 0 Å². The Bertz CT molecular complexity index is 357. The predicted octanol–water partition coefficient (Wildman–Crippen LogP) is 0.587. The molecule has 0 aromatic carbocycles. The predicted molar refractivity (Wildman–Crippen MR) is 60.2 cm³/mol. The van der Waals surface area contributed by atoms with E-state index < -0.39 is 15.8 Å². The van der Waals surface area contributed by atoms with Crippen LogP contribution in [0, 0.1) is 17.2 Å². The third kappa shape index (κ3) is 3.44. The highest BCUT2D eigenvalue weighted by Crippen LogP contribution is 2.36. The summed E-state index contributed by atoms with van der Waals surface area (Å²) >= 11 is 0. The Morgan fingerprint density at radius 2 is 2.19 bits per heavy atom. The summed E-state index contributed by atoms with van der Waals surface area (Å²) in [6, 6.07) is 1.69. The van der Waals surface area contributed by atoms with Gasteiger partial charge in [-0.2, -0.15) is 9.57 Å². The van der Waals surface area contributed by atoms with Crippen molar-refractivity contribution in [2.24, 2.45) is 5.92 Å². The Morgan fingerprint density at radius 1 is 1.56 bits per heavy atom. The largest absolute Gasteiger partial charge is 0.383 e. The van der Waals surface area contributed by atoms with Gasteiger partial charge in [-0.15, -0.1) is 0 Å². The second-order valence-corrected chi connectivity index (χ2v) is 6.02. The first-order valence-electron chi connectivity index (χ1n) is 5.38. The number of methoxy groups -OCH3 is 1. The van der Waals surface area contributed by atoms with Gasteiger partial charge in [0.25, 0.3) is 0 Å². The molecule has 1 atom stereocenters. The molecule has 1 fully saturated rings. The normalized spacial score (nSPS) is 18.4. The fraction of sp³-hybridized carbons (Fsp3) is 0.900. The van der Waals surface area contributed by atoms with Crippen LogP contribution in [0.1, 0.15) is 19.8 Å². The first-order valence-corrected chi connectivity index (χ1v) is 6.99. The molecule has 0 aromatic heterocycles. The van der Waals surface area contributed by atoms with E-state index in [-0.39, 0.29) is 6.04 Å². The van der Waals surface area contributed by atoms with E-state index in [0.717, 1.165) is 12.8 Å². The highest BCUT2D eigenvalue weighted by Gasteiger charge is 2.37. The summed E-state index contributed by atoms with van der Waals surface area (Å²) in [6.07, 6.45) is 2.15. The van der Waals surface area contributed by atoms with E-state index in [2.05, 4.69) is 0 Å². The molecule has 1 saturated carbocycles. The van der Waals surface area contributed by atoms with Crippen LogP contribution in [0.3, 0.4) is 0 Å². The molecular weight excluding hydrogens is 228 g/mol. The lowest BCUT2D eigenvalue weighted by Gasteiger charge is -2.27. The SMILES string of the molecule is COCCN(C(C)C1CC1)S(=O)(=O)CC#N. The Morgan fingerprint density at radius 3 is 2.62 bits per heavy atom. The fourth-order valence-corrected chi connectivity index (χ4v) is 3.12. The summed E-state index contributed by atoms with van der Waals surface area (Å²) in [4.78, 5) is 0. The van der Waals surface area contributed by atoms with Crippen LogP contribution in [-0.4, -0.2) is 44.8 Å². The van der Waals surface area contributed by atoms with Crippen molar-refractivity contribution in [3.63, 3.8) is 0 Å². The maximum Gasteiger partial charge on any atom is 0.227 e. The first kappa shape index (κ1) is 13.4. The molecule has 1 aliphatic rings. The monoisotopic (exact) mass is 246 g/mol. The third-order valence-corrected chi connectivity index (χ3v) is 4.60. The molecule has 1 rings (SSSR count). The zero-order valence-electron chi connectivity index (χ0n) is 9.72. The summed E-state index contributed by atoms with van der Waals surface area (Å²) in [5.74, 6) is -0.00125. The second-order valence-electron chi connectivity index (χ2n) is 4.10. The molecule has 1 unspecified atom stereocenters. The maximum absolute atomic E-state index is 11.9. The van der Waals surface area contributed by atoms with Crippen molar-refractivity contribution in [1.82, 2.24) is 4.31 Å². The molecule has 0 saturated heterocycles. The van der Waals surface area contributed by atoms with Crippen molar-refractivity contribution in [3.05, 3.63) is 0 Å². The van der Waals surface area contributed by atoms with Gasteiger partial charge in [-0.3, -0.25) is 0 Å². The number of nitriles is 1. The van der Waals surface area contributed by atoms with Crippen molar-refractivity contribution >= 4 is 10.0 Å². The van der Waals surface area contributed by atoms with Crippen molar-refractivity contribution in [2.45, 2.75) is 25.8 Å². The number of sulfonamides is 1. The average Bonchev–Trinajstić information content (AvgIpc) is 3.00. The molecule has 16 heavy (non-hydrogen) atoms. The van der Waals surface area contributed by atoms with Crippen molar-refractivity contribution < 1.29 is 13.2 Å². The van der Waals surface area contributed by atoms with Crippen molar-refractivity contribution in [2.75, 3.05) is 26.0 Å². The van der Waals surface area contributed by atoms with Crippen LogP contribution in [0.25, 0.3) is 0 Å². The quantitative estimate of drug-likeness (QED) is 0.659. The summed E-state index contributed by atoms with van der Waals surface area (Å²) in [5.41, 5.74) is 0. The molecule has 0 heterocycles. The molecule has 0 spiro atoms. The highest BCUT2D eigenvalue weighted by molar-refractivity contribution is 7.89. The van der Waals surface area contributed by atoms with Crippen LogP contribution < -0.4 is 0 Å². The van der Waals surface area contributed by atoms with Gasteiger partial charge in [0.2, 0.25) is 10.0 Å². The smallest absolute Gasteiger partial charge is 0.227 e. The van der Waals surface area contributed by atoms with Gasteiger partial charge >= 0.3 is 0 Å². The number of hydrogen-bond donors (Lipinski definition) is 0. The molecule has 0 aromatic rings. The van der Waals surface area contributed by atoms with Gasteiger partial charge in [0, 0.05) is 19.7 Å². The van der Waals surface area contributed by atoms with E-state index >= 15 is 0 Å². The zero-order chi connectivity index (χ0) is 12.2. The molecule has 0 bridgehead atoms. The van der Waals surface area contributed by atoms with Crippen LogP contribution in [0.5, 0.6) is 0 Å². The Labute approximate surface area is 97.0 Å². The third-order valence-electron chi connectivity index (χ3n) is 2.88. The molecular formula is C10H18N2O3S. The minimum Gasteiger partial charge on any atom is -0.383 e. The minimum atomic E-state index is -3.46. The molecule has 0 amide bonds. The summed E-state index contributed by atoms with van der Waals surface area (Å²) in [6.45, 7) is 2.60. The van der Waals surface area contributed by atoms with Crippen molar-refractivity contribution in [1.29, 1.82) is 5.26 Å². The number of nitrogens with zero attached hydrogens (tertiary/aromatic N) is 2. The van der Waals surface area contributed by atoms with Gasteiger partial charge in [0.1, 0.15) is 0 Å². The summed E-state index contributed by atoms with van der Waals surface area (Å²) < 4.78 is 30.0. The molecule has 0 radical (unpaired) electrons. The molecule has 6 heteroatoms. The number of rotatable bonds is 7.